The highest BCUT2D eigenvalue weighted by Crippen LogP contribution is 2.30. The molecule has 0 spiro atoms. The maximum Gasteiger partial charge on any atom is 0.0818 e. The molecular weight excluding hydrogens is 208 g/mol. The van der Waals surface area contributed by atoms with Gasteiger partial charge < -0.3 is 5.11 Å². The van der Waals surface area contributed by atoms with Crippen LogP contribution in [-0.2, 0) is 12.8 Å². The van der Waals surface area contributed by atoms with Gasteiger partial charge in [-0.1, -0.05) is 44.9 Å². The number of hydrogen-bond donors (Lipinski definition) is 1. The van der Waals surface area contributed by atoms with Crippen LogP contribution in [0.25, 0.3) is 0 Å². The summed E-state index contributed by atoms with van der Waals surface area (Å²) in [5.41, 5.74) is 4.09. The zero-order chi connectivity index (χ0) is 12.3. The standard InChI is InChI=1S/C16H24O/c1-3-12(4-2)16(17)15-10-9-13-7-5-6-8-14(13)11-15/h9-12,16-17H,3-8H2,1-2H3. The average molecular weight is 232 g/mol. The van der Waals surface area contributed by atoms with Gasteiger partial charge >= 0.3 is 0 Å². The summed E-state index contributed by atoms with van der Waals surface area (Å²) >= 11 is 0. The molecule has 0 saturated carbocycles. The van der Waals surface area contributed by atoms with Crippen molar-refractivity contribution >= 4 is 0 Å². The maximum absolute atomic E-state index is 10.4. The summed E-state index contributed by atoms with van der Waals surface area (Å²) in [5.74, 6) is 0.400. The molecule has 2 rings (SSSR count). The van der Waals surface area contributed by atoms with E-state index in [9.17, 15) is 5.11 Å². The van der Waals surface area contributed by atoms with Crippen LogP contribution in [0, 0.1) is 5.92 Å². The van der Waals surface area contributed by atoms with Gasteiger partial charge in [0.05, 0.1) is 6.10 Å². The lowest BCUT2D eigenvalue weighted by atomic mass is 9.86. The van der Waals surface area contributed by atoms with Crippen molar-refractivity contribution in [1.29, 1.82) is 0 Å². The van der Waals surface area contributed by atoms with E-state index in [0.717, 1.165) is 18.4 Å². The van der Waals surface area contributed by atoms with Gasteiger partial charge in [-0.05, 0) is 48.3 Å². The molecule has 0 amide bonds. The number of hydrogen-bond acceptors (Lipinski definition) is 1. The van der Waals surface area contributed by atoms with Crippen LogP contribution in [0.2, 0.25) is 0 Å². The third-order valence-electron chi connectivity index (χ3n) is 4.21. The van der Waals surface area contributed by atoms with Gasteiger partial charge in [-0.3, -0.25) is 0 Å². The molecular formula is C16H24O. The molecule has 1 aromatic carbocycles. The first-order valence-corrected chi connectivity index (χ1v) is 7.06. The highest BCUT2D eigenvalue weighted by atomic mass is 16.3. The van der Waals surface area contributed by atoms with Crippen molar-refractivity contribution in [2.45, 2.75) is 58.5 Å². The van der Waals surface area contributed by atoms with E-state index in [4.69, 9.17) is 0 Å². The van der Waals surface area contributed by atoms with E-state index in [0.29, 0.717) is 5.92 Å². The normalized spacial score (nSPS) is 16.9. The van der Waals surface area contributed by atoms with Crippen LogP contribution in [0.1, 0.15) is 62.3 Å². The maximum atomic E-state index is 10.4. The topological polar surface area (TPSA) is 20.2 Å². The van der Waals surface area contributed by atoms with Crippen LogP contribution in [-0.4, -0.2) is 5.11 Å². The molecule has 1 aromatic rings. The Labute approximate surface area is 105 Å². The molecule has 1 heteroatoms. The minimum absolute atomic E-state index is 0.280. The molecule has 1 N–H and O–H groups in total. The molecule has 0 fully saturated rings. The number of benzene rings is 1. The molecule has 1 nitrogen and oxygen atoms in total. The van der Waals surface area contributed by atoms with Crippen molar-refractivity contribution in [3.05, 3.63) is 34.9 Å². The van der Waals surface area contributed by atoms with E-state index in [1.165, 1.54) is 36.8 Å². The van der Waals surface area contributed by atoms with Crippen molar-refractivity contribution in [3.8, 4) is 0 Å². The molecule has 0 heterocycles. The summed E-state index contributed by atoms with van der Waals surface area (Å²) in [5, 5.41) is 10.4. The third-order valence-corrected chi connectivity index (χ3v) is 4.21. The minimum atomic E-state index is -0.280. The SMILES string of the molecule is CCC(CC)C(O)c1ccc2c(c1)CCCC2. The van der Waals surface area contributed by atoms with E-state index in [1.54, 1.807) is 0 Å². The summed E-state index contributed by atoms with van der Waals surface area (Å²) in [7, 11) is 0. The number of rotatable bonds is 4. The number of fused-ring (bicyclic) bond motifs is 1. The fraction of sp³-hybridized carbons (Fsp3) is 0.625. The van der Waals surface area contributed by atoms with Gasteiger partial charge in [0, 0.05) is 0 Å². The highest BCUT2D eigenvalue weighted by Gasteiger charge is 2.19. The first-order valence-electron chi connectivity index (χ1n) is 7.06. The fourth-order valence-corrected chi connectivity index (χ4v) is 2.94. The fourth-order valence-electron chi connectivity index (χ4n) is 2.94. The lowest BCUT2D eigenvalue weighted by Crippen LogP contribution is -2.12. The van der Waals surface area contributed by atoms with Gasteiger partial charge in [0.25, 0.3) is 0 Å². The third kappa shape index (κ3) is 2.71. The van der Waals surface area contributed by atoms with E-state index in [-0.39, 0.29) is 6.10 Å². The van der Waals surface area contributed by atoms with Crippen LogP contribution in [0.5, 0.6) is 0 Å². The van der Waals surface area contributed by atoms with Crippen LogP contribution >= 0.6 is 0 Å². The molecule has 17 heavy (non-hydrogen) atoms. The summed E-state index contributed by atoms with van der Waals surface area (Å²) in [6.07, 6.45) is 6.86. The average Bonchev–Trinajstić information content (AvgIpc) is 2.39. The minimum Gasteiger partial charge on any atom is -0.388 e. The van der Waals surface area contributed by atoms with Crippen LogP contribution in [0.4, 0.5) is 0 Å². The first kappa shape index (κ1) is 12.6. The molecule has 0 aromatic heterocycles. The number of aliphatic hydroxyl groups excluding tert-OH is 1. The number of aliphatic hydroxyl groups is 1. The van der Waals surface area contributed by atoms with Gasteiger partial charge in [-0.25, -0.2) is 0 Å². The molecule has 1 aliphatic rings. The van der Waals surface area contributed by atoms with Crippen molar-refractivity contribution < 1.29 is 5.11 Å². The Balaban J connectivity index is 2.21. The molecule has 1 unspecified atom stereocenters. The summed E-state index contributed by atoms with van der Waals surface area (Å²) in [4.78, 5) is 0. The Hall–Kier alpha value is -0.820. The first-order chi connectivity index (χ1) is 8.26. The molecule has 94 valence electrons. The Morgan fingerprint density at radius 3 is 2.35 bits per heavy atom. The van der Waals surface area contributed by atoms with Gasteiger partial charge in [0.15, 0.2) is 0 Å². The Bertz CT molecular complexity index is 366. The van der Waals surface area contributed by atoms with Crippen molar-refractivity contribution in [1.82, 2.24) is 0 Å². The van der Waals surface area contributed by atoms with Crippen molar-refractivity contribution in [2.24, 2.45) is 5.92 Å². The molecule has 0 bridgehead atoms. The predicted octanol–water partition coefficient (Wildman–Crippen LogP) is 4.04. The Morgan fingerprint density at radius 2 is 1.71 bits per heavy atom. The van der Waals surface area contributed by atoms with Gasteiger partial charge in [-0.15, -0.1) is 0 Å². The highest BCUT2D eigenvalue weighted by molar-refractivity contribution is 5.34. The van der Waals surface area contributed by atoms with E-state index in [1.807, 2.05) is 0 Å². The smallest absolute Gasteiger partial charge is 0.0818 e. The number of aryl methyl sites for hydroxylation is 2. The zero-order valence-electron chi connectivity index (χ0n) is 11.1. The molecule has 1 atom stereocenters. The van der Waals surface area contributed by atoms with E-state index < -0.39 is 0 Å². The Kier molecular flexibility index (Phi) is 4.22. The van der Waals surface area contributed by atoms with Crippen LogP contribution < -0.4 is 0 Å². The molecule has 0 saturated heterocycles. The quantitative estimate of drug-likeness (QED) is 0.830. The van der Waals surface area contributed by atoms with Gasteiger partial charge in [0.1, 0.15) is 0 Å². The van der Waals surface area contributed by atoms with Gasteiger partial charge in [0.2, 0.25) is 0 Å². The summed E-state index contributed by atoms with van der Waals surface area (Å²) in [6.45, 7) is 4.32. The van der Waals surface area contributed by atoms with Crippen molar-refractivity contribution in [2.75, 3.05) is 0 Å². The predicted molar refractivity (Wildman–Crippen MR) is 72.1 cm³/mol. The van der Waals surface area contributed by atoms with Crippen LogP contribution in [0.15, 0.2) is 18.2 Å². The van der Waals surface area contributed by atoms with E-state index >= 15 is 0 Å². The zero-order valence-corrected chi connectivity index (χ0v) is 11.1. The molecule has 1 aliphatic carbocycles. The van der Waals surface area contributed by atoms with Crippen molar-refractivity contribution in [3.63, 3.8) is 0 Å². The second-order valence-corrected chi connectivity index (χ2v) is 5.26. The Morgan fingerprint density at radius 1 is 1.06 bits per heavy atom. The second-order valence-electron chi connectivity index (χ2n) is 5.26. The largest absolute Gasteiger partial charge is 0.388 e. The molecule has 0 radical (unpaired) electrons. The summed E-state index contributed by atoms with van der Waals surface area (Å²) < 4.78 is 0. The lowest BCUT2D eigenvalue weighted by molar-refractivity contribution is 0.103. The van der Waals surface area contributed by atoms with Crippen LogP contribution in [0.3, 0.4) is 0 Å². The van der Waals surface area contributed by atoms with Gasteiger partial charge in [-0.2, -0.15) is 0 Å². The van der Waals surface area contributed by atoms with E-state index in [2.05, 4.69) is 32.0 Å². The molecule has 0 aliphatic heterocycles. The summed E-state index contributed by atoms with van der Waals surface area (Å²) in [6, 6.07) is 6.61. The second kappa shape index (κ2) is 5.68. The lowest BCUT2D eigenvalue weighted by Gasteiger charge is -2.23. The monoisotopic (exact) mass is 232 g/mol.